The van der Waals surface area contributed by atoms with Crippen LogP contribution in [0.5, 0.6) is 5.75 Å². The van der Waals surface area contributed by atoms with E-state index in [9.17, 15) is 4.79 Å². The number of benzene rings is 1. The molecule has 0 amide bonds. The van der Waals surface area contributed by atoms with Crippen molar-refractivity contribution in [2.45, 2.75) is 25.6 Å². The number of methoxy groups -OCH3 is 2. The van der Waals surface area contributed by atoms with Gasteiger partial charge in [-0.05, 0) is 31.4 Å². The molecular formula is C14H20O4. The minimum absolute atomic E-state index is 0.0868. The molecule has 0 aromatic heterocycles. The summed E-state index contributed by atoms with van der Waals surface area (Å²) in [6.45, 7) is 0.874. The maximum Gasteiger partial charge on any atom is 0.157 e. The summed E-state index contributed by atoms with van der Waals surface area (Å²) in [6, 6.07) is 7.00. The second-order valence-electron chi connectivity index (χ2n) is 3.93. The fourth-order valence-corrected chi connectivity index (χ4v) is 1.61. The maximum atomic E-state index is 10.2. The second kappa shape index (κ2) is 8.66. The first kappa shape index (κ1) is 14.7. The molecule has 0 N–H and O–H groups in total. The Bertz CT molecular complexity index is 345. The average molecular weight is 252 g/mol. The van der Waals surface area contributed by atoms with Crippen LogP contribution in [0.4, 0.5) is 0 Å². The smallest absolute Gasteiger partial charge is 0.157 e. The standard InChI is InChI=1S/C8H8O2.C6H12O2/c1-10-8-4-2-3-7(5-8)6-9;1-7-6-4-2-3-5-8-6/h2-6H,1H3;6H,2-5H2,1H3. The number of aldehydes is 1. The number of hydrogen-bond acceptors (Lipinski definition) is 4. The summed E-state index contributed by atoms with van der Waals surface area (Å²) in [5, 5.41) is 0. The number of carbonyl (C=O) groups excluding carboxylic acids is 1. The number of ether oxygens (including phenoxy) is 3. The molecule has 2 rings (SSSR count). The molecule has 0 spiro atoms. The summed E-state index contributed by atoms with van der Waals surface area (Å²) in [5.41, 5.74) is 0.638. The van der Waals surface area contributed by atoms with E-state index in [0.29, 0.717) is 11.3 Å². The Balaban J connectivity index is 0.000000184. The van der Waals surface area contributed by atoms with Crippen LogP contribution >= 0.6 is 0 Å². The highest BCUT2D eigenvalue weighted by molar-refractivity contribution is 5.75. The van der Waals surface area contributed by atoms with Crippen molar-refractivity contribution < 1.29 is 19.0 Å². The van der Waals surface area contributed by atoms with Gasteiger partial charge in [0.25, 0.3) is 0 Å². The zero-order chi connectivity index (χ0) is 13.2. The van der Waals surface area contributed by atoms with Crippen LogP contribution in [0.3, 0.4) is 0 Å². The molecule has 1 saturated heterocycles. The fraction of sp³-hybridized carbons (Fsp3) is 0.500. The van der Waals surface area contributed by atoms with Crippen LogP contribution in [0.1, 0.15) is 29.6 Å². The molecule has 1 aliphatic heterocycles. The monoisotopic (exact) mass is 252 g/mol. The normalized spacial score (nSPS) is 18.4. The Morgan fingerprint density at radius 2 is 2.17 bits per heavy atom. The summed E-state index contributed by atoms with van der Waals surface area (Å²) in [5.74, 6) is 0.713. The van der Waals surface area contributed by atoms with Gasteiger partial charge >= 0.3 is 0 Å². The topological polar surface area (TPSA) is 44.8 Å². The number of carbonyl (C=O) groups is 1. The van der Waals surface area contributed by atoms with E-state index in [0.717, 1.165) is 19.3 Å². The summed E-state index contributed by atoms with van der Waals surface area (Å²) in [4.78, 5) is 10.2. The first-order chi connectivity index (χ1) is 8.80. The van der Waals surface area contributed by atoms with Gasteiger partial charge in [-0.2, -0.15) is 0 Å². The summed E-state index contributed by atoms with van der Waals surface area (Å²) >= 11 is 0. The minimum atomic E-state index is 0.0868. The molecule has 1 unspecified atom stereocenters. The lowest BCUT2D eigenvalue weighted by molar-refractivity contribution is -0.145. The van der Waals surface area contributed by atoms with Gasteiger partial charge in [-0.3, -0.25) is 4.79 Å². The molecular weight excluding hydrogens is 232 g/mol. The Morgan fingerprint density at radius 1 is 1.33 bits per heavy atom. The van der Waals surface area contributed by atoms with Crippen molar-refractivity contribution in [3.8, 4) is 5.75 Å². The van der Waals surface area contributed by atoms with Crippen LogP contribution in [-0.2, 0) is 9.47 Å². The van der Waals surface area contributed by atoms with E-state index >= 15 is 0 Å². The third-order valence-electron chi connectivity index (χ3n) is 2.63. The third kappa shape index (κ3) is 5.29. The Hall–Kier alpha value is -1.39. The maximum absolute atomic E-state index is 10.2. The molecule has 1 heterocycles. The van der Waals surface area contributed by atoms with Gasteiger partial charge < -0.3 is 14.2 Å². The highest BCUT2D eigenvalue weighted by atomic mass is 16.7. The lowest BCUT2D eigenvalue weighted by Gasteiger charge is -2.20. The molecule has 1 atom stereocenters. The van der Waals surface area contributed by atoms with Crippen molar-refractivity contribution in [3.63, 3.8) is 0 Å². The molecule has 0 bridgehead atoms. The van der Waals surface area contributed by atoms with Gasteiger partial charge in [0.2, 0.25) is 0 Å². The van der Waals surface area contributed by atoms with E-state index in [-0.39, 0.29) is 6.29 Å². The molecule has 0 radical (unpaired) electrons. The van der Waals surface area contributed by atoms with Crippen molar-refractivity contribution in [2.75, 3.05) is 20.8 Å². The van der Waals surface area contributed by atoms with Crippen LogP contribution in [0.15, 0.2) is 24.3 Å². The predicted molar refractivity (Wildman–Crippen MR) is 69.0 cm³/mol. The molecule has 0 aliphatic carbocycles. The number of rotatable bonds is 3. The number of hydrogen-bond donors (Lipinski definition) is 0. The highest BCUT2D eigenvalue weighted by Gasteiger charge is 2.10. The van der Waals surface area contributed by atoms with Gasteiger partial charge in [-0.1, -0.05) is 12.1 Å². The van der Waals surface area contributed by atoms with Crippen molar-refractivity contribution >= 4 is 6.29 Å². The van der Waals surface area contributed by atoms with Gasteiger partial charge in [0.15, 0.2) is 6.29 Å². The van der Waals surface area contributed by atoms with Crippen molar-refractivity contribution in [1.29, 1.82) is 0 Å². The molecule has 0 saturated carbocycles. The molecule has 4 nitrogen and oxygen atoms in total. The quantitative estimate of drug-likeness (QED) is 0.776. The summed E-state index contributed by atoms with van der Waals surface area (Å²) < 4.78 is 15.1. The fourth-order valence-electron chi connectivity index (χ4n) is 1.61. The lowest BCUT2D eigenvalue weighted by atomic mass is 10.2. The highest BCUT2D eigenvalue weighted by Crippen LogP contribution is 2.12. The van der Waals surface area contributed by atoms with Crippen molar-refractivity contribution in [3.05, 3.63) is 29.8 Å². The van der Waals surface area contributed by atoms with Crippen LogP contribution in [0.25, 0.3) is 0 Å². The van der Waals surface area contributed by atoms with Crippen molar-refractivity contribution in [1.82, 2.24) is 0 Å². The lowest BCUT2D eigenvalue weighted by Crippen LogP contribution is -2.20. The first-order valence-corrected chi connectivity index (χ1v) is 6.03. The Labute approximate surface area is 108 Å². The van der Waals surface area contributed by atoms with E-state index in [1.54, 1.807) is 38.5 Å². The van der Waals surface area contributed by atoms with E-state index in [2.05, 4.69) is 0 Å². The SMILES string of the molecule is COC1CCCCO1.COc1cccc(C=O)c1. The van der Waals surface area contributed by atoms with Crippen LogP contribution in [0.2, 0.25) is 0 Å². The third-order valence-corrected chi connectivity index (χ3v) is 2.63. The molecule has 1 aromatic carbocycles. The van der Waals surface area contributed by atoms with E-state index in [4.69, 9.17) is 14.2 Å². The Kier molecular flexibility index (Phi) is 7.06. The van der Waals surface area contributed by atoms with Crippen LogP contribution in [0, 0.1) is 0 Å². The minimum Gasteiger partial charge on any atom is -0.497 e. The van der Waals surface area contributed by atoms with Crippen molar-refractivity contribution in [2.24, 2.45) is 0 Å². The van der Waals surface area contributed by atoms with Gasteiger partial charge in [-0.25, -0.2) is 0 Å². The van der Waals surface area contributed by atoms with E-state index in [1.165, 1.54) is 12.8 Å². The molecule has 1 fully saturated rings. The molecule has 100 valence electrons. The molecule has 18 heavy (non-hydrogen) atoms. The van der Waals surface area contributed by atoms with Gasteiger partial charge in [-0.15, -0.1) is 0 Å². The average Bonchev–Trinajstić information content (AvgIpc) is 2.48. The molecule has 1 aromatic rings. The predicted octanol–water partition coefficient (Wildman–Crippen LogP) is 2.67. The second-order valence-corrected chi connectivity index (χ2v) is 3.93. The van der Waals surface area contributed by atoms with Crippen LogP contribution in [-0.4, -0.2) is 33.4 Å². The van der Waals surface area contributed by atoms with Crippen LogP contribution < -0.4 is 4.74 Å². The molecule has 4 heteroatoms. The van der Waals surface area contributed by atoms with Gasteiger partial charge in [0.05, 0.1) is 7.11 Å². The molecule has 1 aliphatic rings. The van der Waals surface area contributed by atoms with E-state index in [1.807, 2.05) is 0 Å². The van der Waals surface area contributed by atoms with Gasteiger partial charge in [0, 0.05) is 19.3 Å². The van der Waals surface area contributed by atoms with E-state index < -0.39 is 0 Å². The van der Waals surface area contributed by atoms with Gasteiger partial charge in [0.1, 0.15) is 12.0 Å². The summed E-state index contributed by atoms with van der Waals surface area (Å²) in [6.07, 6.45) is 4.39. The zero-order valence-corrected chi connectivity index (χ0v) is 10.9. The largest absolute Gasteiger partial charge is 0.497 e. The first-order valence-electron chi connectivity index (χ1n) is 6.03. The summed E-state index contributed by atoms with van der Waals surface area (Å²) in [7, 11) is 3.26. The Morgan fingerprint density at radius 3 is 2.67 bits per heavy atom. The zero-order valence-electron chi connectivity index (χ0n) is 10.9.